The number of thiophene rings is 1. The van der Waals surface area contributed by atoms with Crippen molar-refractivity contribution in [3.8, 4) is 0 Å². The van der Waals surface area contributed by atoms with Gasteiger partial charge in [-0.3, -0.25) is 9.59 Å². The zero-order valence-corrected chi connectivity index (χ0v) is 15.1. The quantitative estimate of drug-likeness (QED) is 0.861. The monoisotopic (exact) mass is 396 g/mol. The van der Waals surface area contributed by atoms with Gasteiger partial charge in [-0.25, -0.2) is 4.68 Å². The van der Waals surface area contributed by atoms with Gasteiger partial charge >= 0.3 is 0 Å². The van der Waals surface area contributed by atoms with Gasteiger partial charge in [-0.15, -0.1) is 0 Å². The van der Waals surface area contributed by atoms with Gasteiger partial charge in [0.2, 0.25) is 0 Å². The third-order valence-electron chi connectivity index (χ3n) is 4.01. The number of piperidine rings is 1. The highest BCUT2D eigenvalue weighted by Gasteiger charge is 2.23. The average molecular weight is 397 g/mol. The van der Waals surface area contributed by atoms with Gasteiger partial charge in [-0.2, -0.15) is 16.4 Å². The minimum atomic E-state index is -0.143. The van der Waals surface area contributed by atoms with Crippen LogP contribution in [0.15, 0.2) is 32.3 Å². The molecule has 23 heavy (non-hydrogen) atoms. The molecule has 0 unspecified atom stereocenters. The van der Waals surface area contributed by atoms with Crippen LogP contribution in [-0.4, -0.2) is 34.8 Å². The Labute approximate surface area is 146 Å². The molecule has 0 aliphatic carbocycles. The molecule has 0 spiro atoms. The van der Waals surface area contributed by atoms with E-state index in [0.717, 1.165) is 37.2 Å². The number of hydrogen-bond acceptors (Lipinski definition) is 5. The molecule has 0 radical (unpaired) electrons. The standard InChI is InChI=1S/C15H17BrN4O2S/c1-19-15(22)13(16)12(8-17-19)20-5-2-11(3-6-20)18-14(21)10-4-7-23-9-10/h4,7-9,11H,2-3,5-6H2,1H3,(H,18,21). The first-order chi connectivity index (χ1) is 11.1. The highest BCUT2D eigenvalue weighted by molar-refractivity contribution is 9.10. The number of aryl methyl sites for hydroxylation is 1. The third-order valence-corrected chi connectivity index (χ3v) is 5.44. The first-order valence-corrected chi connectivity index (χ1v) is 9.09. The lowest BCUT2D eigenvalue weighted by Crippen LogP contribution is -2.45. The van der Waals surface area contributed by atoms with Crippen LogP contribution in [0.2, 0.25) is 0 Å². The molecule has 2 aromatic rings. The van der Waals surface area contributed by atoms with Crippen molar-refractivity contribution < 1.29 is 4.79 Å². The lowest BCUT2D eigenvalue weighted by molar-refractivity contribution is 0.0931. The molecule has 0 saturated carbocycles. The molecule has 1 aliphatic heterocycles. The second-order valence-corrected chi connectivity index (χ2v) is 7.09. The molecule has 1 N–H and O–H groups in total. The lowest BCUT2D eigenvalue weighted by atomic mass is 10.0. The van der Waals surface area contributed by atoms with Crippen LogP contribution in [0.1, 0.15) is 23.2 Å². The van der Waals surface area contributed by atoms with Crippen LogP contribution < -0.4 is 15.8 Å². The van der Waals surface area contributed by atoms with Crippen molar-refractivity contribution in [3.63, 3.8) is 0 Å². The molecule has 1 fully saturated rings. The highest BCUT2D eigenvalue weighted by Crippen LogP contribution is 2.25. The zero-order valence-electron chi connectivity index (χ0n) is 12.7. The Kier molecular flexibility index (Phi) is 4.82. The van der Waals surface area contributed by atoms with Gasteiger partial charge in [0.05, 0.1) is 11.9 Å². The summed E-state index contributed by atoms with van der Waals surface area (Å²) in [5.74, 6) is -0.0128. The number of hydrogen-bond donors (Lipinski definition) is 1. The molecular formula is C15H17BrN4O2S. The Bertz CT molecular complexity index is 751. The summed E-state index contributed by atoms with van der Waals surface area (Å²) >= 11 is 4.88. The molecule has 1 amide bonds. The number of nitrogens with one attached hydrogen (secondary N) is 1. The molecule has 122 valence electrons. The van der Waals surface area contributed by atoms with Gasteiger partial charge in [0, 0.05) is 37.1 Å². The van der Waals surface area contributed by atoms with Crippen molar-refractivity contribution in [2.24, 2.45) is 7.05 Å². The van der Waals surface area contributed by atoms with Crippen LogP contribution in [0.5, 0.6) is 0 Å². The predicted molar refractivity (Wildman–Crippen MR) is 94.2 cm³/mol. The van der Waals surface area contributed by atoms with Crippen molar-refractivity contribution in [1.82, 2.24) is 15.1 Å². The van der Waals surface area contributed by atoms with Gasteiger partial charge in [0.1, 0.15) is 4.47 Å². The highest BCUT2D eigenvalue weighted by atomic mass is 79.9. The first-order valence-electron chi connectivity index (χ1n) is 7.36. The van der Waals surface area contributed by atoms with Crippen molar-refractivity contribution in [3.05, 3.63) is 43.4 Å². The van der Waals surface area contributed by atoms with Crippen molar-refractivity contribution in [1.29, 1.82) is 0 Å². The van der Waals surface area contributed by atoms with Crippen molar-refractivity contribution >= 4 is 38.9 Å². The fraction of sp³-hybridized carbons (Fsp3) is 0.400. The van der Waals surface area contributed by atoms with E-state index in [-0.39, 0.29) is 17.5 Å². The lowest BCUT2D eigenvalue weighted by Gasteiger charge is -2.34. The Balaban J connectivity index is 1.62. The van der Waals surface area contributed by atoms with Crippen LogP contribution in [0.3, 0.4) is 0 Å². The summed E-state index contributed by atoms with van der Waals surface area (Å²) < 4.78 is 1.84. The van der Waals surface area contributed by atoms with Gasteiger partial charge < -0.3 is 10.2 Å². The van der Waals surface area contributed by atoms with Gasteiger partial charge in [0.25, 0.3) is 11.5 Å². The SMILES string of the molecule is Cn1ncc(N2CCC(NC(=O)c3ccsc3)CC2)c(Br)c1=O. The second-order valence-electron chi connectivity index (χ2n) is 5.52. The van der Waals surface area contributed by atoms with Crippen molar-refractivity contribution in [2.75, 3.05) is 18.0 Å². The average Bonchev–Trinajstić information content (AvgIpc) is 3.08. The third kappa shape index (κ3) is 3.48. The van der Waals surface area contributed by atoms with Gasteiger partial charge in [0.15, 0.2) is 0 Å². The number of amides is 1. The summed E-state index contributed by atoms with van der Waals surface area (Å²) in [6.45, 7) is 1.56. The van der Waals surface area contributed by atoms with Crippen LogP contribution in [0.25, 0.3) is 0 Å². The largest absolute Gasteiger partial charge is 0.369 e. The number of aromatic nitrogens is 2. The Morgan fingerprint density at radius 2 is 2.17 bits per heavy atom. The van der Waals surface area contributed by atoms with Gasteiger partial charge in [-0.1, -0.05) is 0 Å². The summed E-state index contributed by atoms with van der Waals surface area (Å²) in [7, 11) is 1.63. The van der Waals surface area contributed by atoms with Crippen LogP contribution in [-0.2, 0) is 7.05 Å². The van der Waals surface area contributed by atoms with E-state index >= 15 is 0 Å². The summed E-state index contributed by atoms with van der Waals surface area (Å²) in [6, 6.07) is 1.99. The molecule has 1 aliphatic rings. The minimum absolute atomic E-state index is 0.0128. The fourth-order valence-electron chi connectivity index (χ4n) is 2.65. The Morgan fingerprint density at radius 3 is 2.83 bits per heavy atom. The molecular weight excluding hydrogens is 380 g/mol. The second kappa shape index (κ2) is 6.84. The Morgan fingerprint density at radius 1 is 1.43 bits per heavy atom. The van der Waals surface area contributed by atoms with E-state index < -0.39 is 0 Å². The van der Waals surface area contributed by atoms with Crippen molar-refractivity contribution in [2.45, 2.75) is 18.9 Å². The number of carbonyl (C=O) groups excluding carboxylic acids is 1. The molecule has 3 rings (SSSR count). The number of halogens is 1. The van der Waals surface area contributed by atoms with Gasteiger partial charge in [-0.05, 0) is 40.2 Å². The fourth-order valence-corrected chi connectivity index (χ4v) is 3.90. The van der Waals surface area contributed by atoms with E-state index in [1.807, 2.05) is 16.8 Å². The van der Waals surface area contributed by atoms with E-state index in [4.69, 9.17) is 0 Å². The molecule has 0 aromatic carbocycles. The molecule has 3 heterocycles. The van der Waals surface area contributed by atoms with Crippen LogP contribution in [0.4, 0.5) is 5.69 Å². The molecule has 0 bridgehead atoms. The molecule has 8 heteroatoms. The normalized spacial score (nSPS) is 15.7. The summed E-state index contributed by atoms with van der Waals surface area (Å²) in [6.07, 6.45) is 3.39. The predicted octanol–water partition coefficient (Wildman–Crippen LogP) is 2.00. The smallest absolute Gasteiger partial charge is 0.282 e. The number of anilines is 1. The zero-order chi connectivity index (χ0) is 16.4. The Hall–Kier alpha value is -1.67. The first kappa shape index (κ1) is 16.2. The van der Waals surface area contributed by atoms with E-state index in [0.29, 0.717) is 4.47 Å². The molecule has 0 atom stereocenters. The van der Waals surface area contributed by atoms with E-state index in [1.165, 1.54) is 16.0 Å². The number of rotatable bonds is 3. The van der Waals surface area contributed by atoms with E-state index in [2.05, 4.69) is 31.2 Å². The maximum atomic E-state index is 12.1. The summed E-state index contributed by atoms with van der Waals surface area (Å²) in [5, 5.41) is 10.9. The maximum absolute atomic E-state index is 12.1. The topological polar surface area (TPSA) is 67.2 Å². The summed E-state index contributed by atoms with van der Waals surface area (Å²) in [5.41, 5.74) is 1.39. The summed E-state index contributed by atoms with van der Waals surface area (Å²) in [4.78, 5) is 26.2. The van der Waals surface area contributed by atoms with E-state index in [1.54, 1.807) is 13.2 Å². The van der Waals surface area contributed by atoms with E-state index in [9.17, 15) is 9.59 Å². The maximum Gasteiger partial charge on any atom is 0.282 e. The molecule has 6 nitrogen and oxygen atoms in total. The number of nitrogens with zero attached hydrogens (tertiary/aromatic N) is 3. The number of carbonyl (C=O) groups is 1. The molecule has 1 saturated heterocycles. The van der Waals surface area contributed by atoms with Crippen LogP contribution >= 0.6 is 27.3 Å². The molecule has 2 aromatic heterocycles. The van der Waals surface area contributed by atoms with Crippen LogP contribution in [0, 0.1) is 0 Å². The minimum Gasteiger partial charge on any atom is -0.369 e.